The van der Waals surface area contributed by atoms with Crippen molar-refractivity contribution in [3.8, 4) is 5.75 Å². The summed E-state index contributed by atoms with van der Waals surface area (Å²) in [5, 5.41) is 7.85. The van der Waals surface area contributed by atoms with Crippen LogP contribution in [-0.4, -0.2) is 29.6 Å². The van der Waals surface area contributed by atoms with Crippen molar-refractivity contribution in [1.29, 1.82) is 0 Å². The number of carbonyl (C=O) groups excluding carboxylic acids is 3. The standard InChI is InChI=1S/C33H30FN3O4S/c1-3-41-27-17-13-25(14-18-27)35-31(38)22(2)42-28-19-15-26(16-20-28)36-33(40)30(21-24-11-7-8-12-29(24)34)37-32(39)23-9-5-4-6-10-23/h4-22H,3H2,1-2H3,(H,35,38)(H,36,40)(H,37,39)/b30-21-. The van der Waals surface area contributed by atoms with E-state index >= 15 is 0 Å². The largest absolute Gasteiger partial charge is 0.494 e. The highest BCUT2D eigenvalue weighted by Gasteiger charge is 2.17. The number of benzene rings is 4. The van der Waals surface area contributed by atoms with E-state index in [1.165, 1.54) is 30.0 Å². The number of hydrogen-bond donors (Lipinski definition) is 3. The number of rotatable bonds is 11. The van der Waals surface area contributed by atoms with Crippen LogP contribution < -0.4 is 20.7 Å². The minimum atomic E-state index is -0.619. The predicted molar refractivity (Wildman–Crippen MR) is 165 cm³/mol. The van der Waals surface area contributed by atoms with Crippen LogP contribution in [0.3, 0.4) is 0 Å². The average Bonchev–Trinajstić information content (AvgIpc) is 3.00. The van der Waals surface area contributed by atoms with Crippen LogP contribution in [0.15, 0.2) is 114 Å². The van der Waals surface area contributed by atoms with Gasteiger partial charge in [-0.3, -0.25) is 14.4 Å². The first kappa shape index (κ1) is 30.1. The summed E-state index contributed by atoms with van der Waals surface area (Å²) in [4.78, 5) is 39.5. The lowest BCUT2D eigenvalue weighted by Crippen LogP contribution is -2.30. The smallest absolute Gasteiger partial charge is 0.272 e. The van der Waals surface area contributed by atoms with Crippen LogP contribution >= 0.6 is 11.8 Å². The lowest BCUT2D eigenvalue weighted by Gasteiger charge is -2.14. The van der Waals surface area contributed by atoms with Crippen LogP contribution in [-0.2, 0) is 9.59 Å². The van der Waals surface area contributed by atoms with Gasteiger partial charge in [0.1, 0.15) is 17.3 Å². The Labute approximate surface area is 248 Å². The number of thioether (sulfide) groups is 1. The van der Waals surface area contributed by atoms with Crippen LogP contribution in [0.25, 0.3) is 6.08 Å². The third kappa shape index (κ3) is 8.55. The Balaban J connectivity index is 1.40. The Bertz CT molecular complexity index is 1560. The van der Waals surface area contributed by atoms with E-state index in [4.69, 9.17) is 4.74 Å². The molecule has 4 rings (SSSR count). The Morgan fingerprint density at radius 2 is 1.45 bits per heavy atom. The zero-order valence-corrected chi connectivity index (χ0v) is 23.9. The van der Waals surface area contributed by atoms with E-state index in [0.717, 1.165) is 10.6 Å². The molecule has 3 amide bonds. The first-order chi connectivity index (χ1) is 20.3. The Hall–Kier alpha value is -4.89. The van der Waals surface area contributed by atoms with E-state index < -0.39 is 17.6 Å². The molecule has 0 radical (unpaired) electrons. The minimum absolute atomic E-state index is 0.119. The zero-order chi connectivity index (χ0) is 29.9. The number of carbonyl (C=O) groups is 3. The van der Waals surface area contributed by atoms with Gasteiger partial charge in [-0.15, -0.1) is 11.8 Å². The van der Waals surface area contributed by atoms with Gasteiger partial charge in [-0.05, 0) is 86.7 Å². The second-order valence-corrected chi connectivity index (χ2v) is 10.5. The van der Waals surface area contributed by atoms with Gasteiger partial charge in [-0.25, -0.2) is 4.39 Å². The minimum Gasteiger partial charge on any atom is -0.494 e. The Kier molecular flexibility index (Phi) is 10.5. The van der Waals surface area contributed by atoms with Gasteiger partial charge in [0.15, 0.2) is 0 Å². The number of amides is 3. The van der Waals surface area contributed by atoms with Gasteiger partial charge in [-0.1, -0.05) is 36.4 Å². The number of anilines is 2. The lowest BCUT2D eigenvalue weighted by molar-refractivity contribution is -0.115. The normalized spacial score (nSPS) is 11.7. The number of halogens is 1. The van der Waals surface area contributed by atoms with E-state index in [0.29, 0.717) is 23.5 Å². The molecule has 7 nitrogen and oxygen atoms in total. The lowest BCUT2D eigenvalue weighted by atomic mass is 10.1. The zero-order valence-electron chi connectivity index (χ0n) is 23.1. The summed E-state index contributed by atoms with van der Waals surface area (Å²) in [5.74, 6) is -1.07. The van der Waals surface area contributed by atoms with Gasteiger partial charge in [-0.2, -0.15) is 0 Å². The van der Waals surface area contributed by atoms with Gasteiger partial charge in [0.25, 0.3) is 11.8 Å². The molecule has 0 spiro atoms. The van der Waals surface area contributed by atoms with Crippen LogP contribution in [0.1, 0.15) is 29.8 Å². The second kappa shape index (κ2) is 14.7. The third-order valence-corrected chi connectivity index (χ3v) is 7.07. The van der Waals surface area contributed by atoms with E-state index in [1.807, 2.05) is 6.92 Å². The molecule has 3 N–H and O–H groups in total. The fourth-order valence-corrected chi connectivity index (χ4v) is 4.68. The average molecular weight is 584 g/mol. The molecule has 0 heterocycles. The van der Waals surface area contributed by atoms with Gasteiger partial charge in [0.2, 0.25) is 5.91 Å². The van der Waals surface area contributed by atoms with E-state index in [9.17, 15) is 18.8 Å². The van der Waals surface area contributed by atoms with E-state index in [1.54, 1.807) is 97.9 Å². The van der Waals surface area contributed by atoms with Crippen molar-refractivity contribution >= 4 is 46.9 Å². The second-order valence-electron chi connectivity index (χ2n) is 9.08. The quantitative estimate of drug-likeness (QED) is 0.134. The Morgan fingerprint density at radius 1 is 0.833 bits per heavy atom. The molecule has 1 unspecified atom stereocenters. The molecule has 42 heavy (non-hydrogen) atoms. The highest BCUT2D eigenvalue weighted by atomic mass is 32.2. The number of nitrogens with one attached hydrogen (secondary N) is 3. The summed E-state index contributed by atoms with van der Waals surface area (Å²) >= 11 is 1.37. The molecular formula is C33H30FN3O4S. The summed E-state index contributed by atoms with van der Waals surface area (Å²) in [7, 11) is 0. The van der Waals surface area contributed by atoms with E-state index in [-0.39, 0.29) is 22.4 Å². The molecule has 9 heteroatoms. The molecule has 0 aromatic heterocycles. The van der Waals surface area contributed by atoms with Crippen molar-refractivity contribution in [3.63, 3.8) is 0 Å². The topological polar surface area (TPSA) is 96.5 Å². The predicted octanol–water partition coefficient (Wildman–Crippen LogP) is 6.75. The molecule has 0 saturated heterocycles. The van der Waals surface area contributed by atoms with Crippen molar-refractivity contribution in [2.75, 3.05) is 17.2 Å². The van der Waals surface area contributed by atoms with Crippen molar-refractivity contribution in [2.45, 2.75) is 24.0 Å². The van der Waals surface area contributed by atoms with Crippen molar-refractivity contribution in [2.24, 2.45) is 0 Å². The highest BCUT2D eigenvalue weighted by Crippen LogP contribution is 2.26. The fraction of sp³-hybridized carbons (Fsp3) is 0.121. The number of ether oxygens (including phenoxy) is 1. The summed E-state index contributed by atoms with van der Waals surface area (Å²) in [6, 6.07) is 28.5. The first-order valence-corrected chi connectivity index (χ1v) is 14.1. The van der Waals surface area contributed by atoms with Crippen LogP contribution in [0.5, 0.6) is 5.75 Å². The molecule has 0 fully saturated rings. The monoisotopic (exact) mass is 583 g/mol. The molecule has 214 valence electrons. The highest BCUT2D eigenvalue weighted by molar-refractivity contribution is 8.00. The van der Waals surface area contributed by atoms with E-state index in [2.05, 4.69) is 16.0 Å². The Morgan fingerprint density at radius 3 is 2.12 bits per heavy atom. The van der Waals surface area contributed by atoms with Gasteiger partial charge in [0.05, 0.1) is 11.9 Å². The molecule has 0 aliphatic heterocycles. The summed E-state index contributed by atoms with van der Waals surface area (Å²) in [6.07, 6.45) is 1.29. The molecule has 0 aliphatic carbocycles. The summed E-state index contributed by atoms with van der Waals surface area (Å²) in [5.41, 5.74) is 1.52. The van der Waals surface area contributed by atoms with Crippen LogP contribution in [0, 0.1) is 5.82 Å². The van der Waals surface area contributed by atoms with Crippen molar-refractivity contribution in [3.05, 3.63) is 126 Å². The fourth-order valence-electron chi connectivity index (χ4n) is 3.81. The van der Waals surface area contributed by atoms with Crippen molar-refractivity contribution in [1.82, 2.24) is 5.32 Å². The van der Waals surface area contributed by atoms with Crippen LogP contribution in [0.2, 0.25) is 0 Å². The maximum atomic E-state index is 14.3. The number of hydrogen-bond acceptors (Lipinski definition) is 5. The maximum absolute atomic E-state index is 14.3. The third-order valence-electron chi connectivity index (χ3n) is 5.96. The van der Waals surface area contributed by atoms with Crippen LogP contribution in [0.4, 0.5) is 15.8 Å². The molecule has 4 aromatic carbocycles. The molecule has 0 saturated carbocycles. The molecule has 0 bridgehead atoms. The maximum Gasteiger partial charge on any atom is 0.272 e. The van der Waals surface area contributed by atoms with Gasteiger partial charge >= 0.3 is 0 Å². The summed E-state index contributed by atoms with van der Waals surface area (Å²) in [6.45, 7) is 4.28. The molecule has 0 aliphatic rings. The molecule has 1 atom stereocenters. The first-order valence-electron chi connectivity index (χ1n) is 13.3. The molecule has 4 aromatic rings. The van der Waals surface area contributed by atoms with Gasteiger partial charge in [0, 0.05) is 27.4 Å². The van der Waals surface area contributed by atoms with Crippen molar-refractivity contribution < 1.29 is 23.5 Å². The summed E-state index contributed by atoms with van der Waals surface area (Å²) < 4.78 is 19.8. The SMILES string of the molecule is CCOc1ccc(NC(=O)C(C)Sc2ccc(NC(=O)/C(=C/c3ccccc3F)NC(=O)c3ccccc3)cc2)cc1. The molecular weight excluding hydrogens is 553 g/mol. The van der Waals surface area contributed by atoms with Gasteiger partial charge < -0.3 is 20.7 Å².